The van der Waals surface area contributed by atoms with Gasteiger partial charge in [0.2, 0.25) is 0 Å². The largest absolute Gasteiger partial charge is 0.549 e. The van der Waals surface area contributed by atoms with Crippen LogP contribution in [0.15, 0.2) is 12.8 Å². The molecule has 0 unspecified atom stereocenters. The lowest BCUT2D eigenvalue weighted by atomic mass is 10.9. The topological polar surface area (TPSA) is 72.8 Å². The lowest BCUT2D eigenvalue weighted by Crippen LogP contribution is -1.93. The van der Waals surface area contributed by atoms with Gasteiger partial charge in [-0.15, -0.1) is 0 Å². The highest BCUT2D eigenvalue weighted by Crippen LogP contribution is 1.82. The SMILES string of the molecule is C=COC(=O)OF.CC(=O)O. The van der Waals surface area contributed by atoms with Crippen molar-refractivity contribution in [2.75, 3.05) is 0 Å². The molecule has 0 aliphatic rings. The summed E-state index contributed by atoms with van der Waals surface area (Å²) in [4.78, 5) is 21.1. The third kappa shape index (κ3) is 29.7. The molecule has 0 heterocycles. The molecule has 11 heavy (non-hydrogen) atoms. The Hall–Kier alpha value is -1.59. The number of aliphatic carboxylic acids is 1. The lowest BCUT2D eigenvalue weighted by Gasteiger charge is -1.85. The van der Waals surface area contributed by atoms with E-state index >= 15 is 0 Å². The summed E-state index contributed by atoms with van der Waals surface area (Å²) in [7, 11) is 0. The van der Waals surface area contributed by atoms with Gasteiger partial charge in [0.25, 0.3) is 5.97 Å². The third-order valence-corrected chi connectivity index (χ3v) is 0.243. The van der Waals surface area contributed by atoms with Crippen LogP contribution >= 0.6 is 0 Å². The molecule has 0 aliphatic heterocycles. The summed E-state index contributed by atoms with van der Waals surface area (Å²) in [5.74, 6) is -0.833. The van der Waals surface area contributed by atoms with Crippen LogP contribution in [0.5, 0.6) is 0 Å². The Labute approximate surface area is 61.9 Å². The molecule has 1 N–H and O–H groups in total. The smallest absolute Gasteiger partial charge is 0.481 e. The Morgan fingerprint density at radius 2 is 2.00 bits per heavy atom. The molecule has 0 fully saturated rings. The molecule has 0 rings (SSSR count). The van der Waals surface area contributed by atoms with Crippen LogP contribution in [0.2, 0.25) is 0 Å². The highest BCUT2D eigenvalue weighted by molar-refractivity contribution is 5.62. The van der Waals surface area contributed by atoms with Gasteiger partial charge in [0, 0.05) is 11.4 Å². The van der Waals surface area contributed by atoms with Crippen molar-refractivity contribution in [2.45, 2.75) is 6.92 Å². The van der Waals surface area contributed by atoms with Crippen molar-refractivity contribution in [3.63, 3.8) is 0 Å². The number of carboxylic acid groups (broad SMARTS) is 1. The summed E-state index contributed by atoms with van der Waals surface area (Å²) in [6, 6.07) is 0. The molecule has 0 aromatic heterocycles. The first-order chi connectivity index (χ1) is 5.04. The Balaban J connectivity index is 0. The van der Waals surface area contributed by atoms with Gasteiger partial charge in [0.15, 0.2) is 0 Å². The van der Waals surface area contributed by atoms with Crippen molar-refractivity contribution in [3.05, 3.63) is 12.8 Å². The summed E-state index contributed by atoms with van der Waals surface area (Å²) in [5.41, 5.74) is 0. The van der Waals surface area contributed by atoms with Gasteiger partial charge in [-0.05, 0) is 0 Å². The van der Waals surface area contributed by atoms with Crippen LogP contribution in [-0.4, -0.2) is 17.2 Å². The van der Waals surface area contributed by atoms with Crippen LogP contribution in [0.3, 0.4) is 0 Å². The lowest BCUT2D eigenvalue weighted by molar-refractivity contribution is -0.134. The van der Waals surface area contributed by atoms with E-state index in [-0.39, 0.29) is 0 Å². The molecule has 6 heteroatoms. The second-order valence-corrected chi connectivity index (χ2v) is 1.13. The summed E-state index contributed by atoms with van der Waals surface area (Å²) >= 11 is 0. The molecule has 64 valence electrons. The molecule has 0 aromatic carbocycles. The fourth-order valence-electron chi connectivity index (χ4n) is 0.0862. The van der Waals surface area contributed by atoms with Crippen molar-refractivity contribution >= 4 is 12.1 Å². The molecule has 0 bridgehead atoms. The summed E-state index contributed by atoms with van der Waals surface area (Å²) in [6.45, 7) is 4.04. The second kappa shape index (κ2) is 8.41. The van der Waals surface area contributed by atoms with Crippen molar-refractivity contribution in [2.24, 2.45) is 0 Å². The van der Waals surface area contributed by atoms with E-state index in [4.69, 9.17) is 9.90 Å². The van der Waals surface area contributed by atoms with Gasteiger partial charge in [-0.2, -0.15) is 0 Å². The monoisotopic (exact) mass is 166 g/mol. The minimum Gasteiger partial charge on any atom is -0.481 e. The average molecular weight is 166 g/mol. The molecule has 5 nitrogen and oxygen atoms in total. The van der Waals surface area contributed by atoms with Crippen molar-refractivity contribution < 1.29 is 28.9 Å². The Kier molecular flexibility index (Phi) is 9.27. The van der Waals surface area contributed by atoms with E-state index in [0.29, 0.717) is 0 Å². The van der Waals surface area contributed by atoms with Crippen LogP contribution in [0, 0.1) is 0 Å². The Morgan fingerprint density at radius 1 is 1.64 bits per heavy atom. The Morgan fingerprint density at radius 3 is 2.09 bits per heavy atom. The van der Waals surface area contributed by atoms with E-state index in [1.54, 1.807) is 0 Å². The fraction of sp³-hybridized carbons (Fsp3) is 0.200. The number of carboxylic acids is 1. The normalized spacial score (nSPS) is 6.73. The quantitative estimate of drug-likeness (QED) is 0.468. The number of carbonyl (C=O) groups excluding carboxylic acids is 1. The van der Waals surface area contributed by atoms with Gasteiger partial charge >= 0.3 is 6.16 Å². The number of rotatable bonds is 1. The zero-order valence-corrected chi connectivity index (χ0v) is 5.74. The molecule has 0 saturated heterocycles. The maximum Gasteiger partial charge on any atom is 0.549 e. The first-order valence-electron chi connectivity index (χ1n) is 2.34. The molecule has 0 aromatic rings. The predicted octanol–water partition coefficient (Wildman–Crippen LogP) is 1.26. The van der Waals surface area contributed by atoms with E-state index in [1.807, 2.05) is 0 Å². The average Bonchev–Trinajstić information content (AvgIpc) is 1.87. The third-order valence-electron chi connectivity index (χ3n) is 0.243. The maximum atomic E-state index is 10.6. The summed E-state index contributed by atoms with van der Waals surface area (Å²) in [6.07, 6.45) is -0.642. The van der Waals surface area contributed by atoms with E-state index in [9.17, 15) is 9.32 Å². The molecule has 0 spiro atoms. The number of carbonyl (C=O) groups is 2. The number of hydrogen-bond donors (Lipinski definition) is 1. The van der Waals surface area contributed by atoms with Gasteiger partial charge in [0.05, 0.1) is 6.26 Å². The molecular weight excluding hydrogens is 159 g/mol. The van der Waals surface area contributed by atoms with E-state index in [1.165, 1.54) is 0 Å². The van der Waals surface area contributed by atoms with E-state index in [0.717, 1.165) is 13.2 Å². The maximum absolute atomic E-state index is 10.6. The molecule has 0 amide bonds. The standard InChI is InChI=1S/C3H3FO3.C2H4O2/c1-2-6-3(5)7-4;1-2(3)4/h2H,1H2;1H3,(H,3,4). The van der Waals surface area contributed by atoms with E-state index < -0.39 is 12.1 Å². The predicted molar refractivity (Wildman–Crippen MR) is 32.2 cm³/mol. The molecule has 0 aliphatic carbocycles. The van der Waals surface area contributed by atoms with Crippen LogP contribution in [0.4, 0.5) is 9.32 Å². The van der Waals surface area contributed by atoms with Crippen LogP contribution in [0.1, 0.15) is 6.92 Å². The van der Waals surface area contributed by atoms with E-state index in [2.05, 4.69) is 16.3 Å². The molecule has 0 saturated carbocycles. The van der Waals surface area contributed by atoms with Crippen LogP contribution < -0.4 is 0 Å². The number of ether oxygens (including phenoxy) is 1. The van der Waals surface area contributed by atoms with Gasteiger partial charge in [-0.25, -0.2) is 9.74 Å². The molecule has 0 atom stereocenters. The van der Waals surface area contributed by atoms with Gasteiger partial charge in [-0.3, -0.25) is 4.79 Å². The van der Waals surface area contributed by atoms with Crippen molar-refractivity contribution in [3.8, 4) is 0 Å². The van der Waals surface area contributed by atoms with Crippen LogP contribution in [0.25, 0.3) is 0 Å². The highest BCUT2D eigenvalue weighted by Gasteiger charge is 1.96. The number of halogens is 1. The van der Waals surface area contributed by atoms with Crippen LogP contribution in [-0.2, 0) is 14.5 Å². The summed E-state index contributed by atoms with van der Waals surface area (Å²) in [5, 5.41) is 7.42. The summed E-state index contributed by atoms with van der Waals surface area (Å²) < 4.78 is 14.3. The minimum absolute atomic E-state index is 0.766. The molecule has 0 radical (unpaired) electrons. The fourth-order valence-corrected chi connectivity index (χ4v) is 0.0862. The second-order valence-electron chi connectivity index (χ2n) is 1.13. The van der Waals surface area contributed by atoms with Gasteiger partial charge in [0.1, 0.15) is 0 Å². The van der Waals surface area contributed by atoms with Crippen molar-refractivity contribution in [1.29, 1.82) is 0 Å². The zero-order chi connectivity index (χ0) is 9.28. The first-order valence-corrected chi connectivity index (χ1v) is 2.34. The van der Waals surface area contributed by atoms with Gasteiger partial charge in [-0.1, -0.05) is 6.58 Å². The first kappa shape index (κ1) is 12.1. The molecular formula is C5H7FO5. The minimum atomic E-state index is -1.41. The van der Waals surface area contributed by atoms with Gasteiger partial charge < -0.3 is 9.84 Å². The van der Waals surface area contributed by atoms with Crippen molar-refractivity contribution in [1.82, 2.24) is 0 Å². The number of hydrogen-bond acceptors (Lipinski definition) is 4. The highest BCUT2D eigenvalue weighted by atomic mass is 19.3. The zero-order valence-electron chi connectivity index (χ0n) is 5.74. The Bertz CT molecular complexity index is 140.